The minimum Gasteiger partial charge on any atom is -0.478 e. The van der Waals surface area contributed by atoms with Crippen molar-refractivity contribution in [3.63, 3.8) is 0 Å². The standard InChI is InChI=1S/C13H12FNO4S2/c1-8-11(14)5-9(13(16)17)6-12(8)21(18,19)15-7-10-3-2-4-20-10/h2-6,15H,7H2,1H3,(H,16,17). The highest BCUT2D eigenvalue weighted by Gasteiger charge is 2.21. The van der Waals surface area contributed by atoms with Gasteiger partial charge in [0.25, 0.3) is 0 Å². The zero-order valence-electron chi connectivity index (χ0n) is 11.0. The highest BCUT2D eigenvalue weighted by molar-refractivity contribution is 7.89. The summed E-state index contributed by atoms with van der Waals surface area (Å²) in [5, 5.41) is 10.7. The van der Waals surface area contributed by atoms with Crippen LogP contribution in [-0.4, -0.2) is 19.5 Å². The molecule has 0 radical (unpaired) electrons. The molecule has 0 amide bonds. The van der Waals surface area contributed by atoms with Gasteiger partial charge in [-0.25, -0.2) is 22.3 Å². The minimum absolute atomic E-state index is 0.0678. The third-order valence-electron chi connectivity index (χ3n) is 2.85. The van der Waals surface area contributed by atoms with E-state index in [1.165, 1.54) is 18.3 Å². The van der Waals surface area contributed by atoms with Gasteiger partial charge in [0.2, 0.25) is 10.0 Å². The molecule has 112 valence electrons. The Kier molecular flexibility index (Phi) is 4.40. The average Bonchev–Trinajstić information content (AvgIpc) is 2.92. The molecule has 1 heterocycles. The van der Waals surface area contributed by atoms with E-state index in [1.54, 1.807) is 17.5 Å². The lowest BCUT2D eigenvalue weighted by molar-refractivity contribution is 0.0696. The molecule has 8 heteroatoms. The Morgan fingerprint density at radius 3 is 2.71 bits per heavy atom. The Hall–Kier alpha value is -1.77. The van der Waals surface area contributed by atoms with Crippen LogP contribution in [0.5, 0.6) is 0 Å². The lowest BCUT2D eigenvalue weighted by Gasteiger charge is -2.10. The Bertz CT molecular complexity index is 770. The van der Waals surface area contributed by atoms with Crippen LogP contribution in [0.2, 0.25) is 0 Å². The van der Waals surface area contributed by atoms with Gasteiger partial charge in [-0.15, -0.1) is 11.3 Å². The summed E-state index contributed by atoms with van der Waals surface area (Å²) in [5.41, 5.74) is -0.520. The summed E-state index contributed by atoms with van der Waals surface area (Å²) in [5.74, 6) is -2.25. The molecule has 0 bridgehead atoms. The van der Waals surface area contributed by atoms with E-state index in [0.717, 1.165) is 17.0 Å². The van der Waals surface area contributed by atoms with Crippen molar-refractivity contribution in [2.75, 3.05) is 0 Å². The molecule has 2 N–H and O–H groups in total. The zero-order chi connectivity index (χ0) is 15.6. The van der Waals surface area contributed by atoms with E-state index in [1.807, 2.05) is 0 Å². The first-order valence-corrected chi connectivity index (χ1v) is 8.23. The number of aromatic carboxylic acids is 1. The van der Waals surface area contributed by atoms with Gasteiger partial charge in [-0.3, -0.25) is 0 Å². The molecule has 5 nitrogen and oxygen atoms in total. The molecule has 0 aliphatic rings. The highest BCUT2D eigenvalue weighted by atomic mass is 32.2. The molecule has 2 aromatic rings. The molecular weight excluding hydrogens is 317 g/mol. The first-order valence-electron chi connectivity index (χ1n) is 5.87. The Morgan fingerprint density at radius 2 is 2.14 bits per heavy atom. The van der Waals surface area contributed by atoms with Crippen LogP contribution in [-0.2, 0) is 16.6 Å². The smallest absolute Gasteiger partial charge is 0.335 e. The van der Waals surface area contributed by atoms with Crippen molar-refractivity contribution in [1.29, 1.82) is 0 Å². The van der Waals surface area contributed by atoms with E-state index >= 15 is 0 Å². The number of nitrogens with one attached hydrogen (secondary N) is 1. The van der Waals surface area contributed by atoms with Crippen LogP contribution in [0.15, 0.2) is 34.5 Å². The molecule has 0 saturated heterocycles. The van der Waals surface area contributed by atoms with Gasteiger partial charge in [0.1, 0.15) is 5.82 Å². The third-order valence-corrected chi connectivity index (χ3v) is 5.25. The molecule has 1 aromatic carbocycles. The average molecular weight is 329 g/mol. The van der Waals surface area contributed by atoms with Gasteiger partial charge in [0.05, 0.1) is 10.5 Å². The number of halogens is 1. The molecule has 0 spiro atoms. The van der Waals surface area contributed by atoms with Gasteiger partial charge in [-0.05, 0) is 30.5 Å². The summed E-state index contributed by atoms with van der Waals surface area (Å²) in [6.45, 7) is 1.36. The van der Waals surface area contributed by atoms with Crippen LogP contribution >= 0.6 is 11.3 Å². The van der Waals surface area contributed by atoms with E-state index in [-0.39, 0.29) is 17.0 Å². The first-order chi connectivity index (χ1) is 9.81. The largest absolute Gasteiger partial charge is 0.478 e. The second-order valence-corrected chi connectivity index (χ2v) is 7.06. The number of carboxylic acids is 1. The van der Waals surface area contributed by atoms with Crippen LogP contribution in [0.4, 0.5) is 4.39 Å². The number of benzene rings is 1. The van der Waals surface area contributed by atoms with Crippen LogP contribution in [0, 0.1) is 12.7 Å². The van der Waals surface area contributed by atoms with E-state index < -0.39 is 27.4 Å². The van der Waals surface area contributed by atoms with Crippen molar-refractivity contribution >= 4 is 27.3 Å². The molecule has 0 atom stereocenters. The molecule has 0 aliphatic carbocycles. The first kappa shape index (κ1) is 15.6. The fraction of sp³-hybridized carbons (Fsp3) is 0.154. The molecule has 2 rings (SSSR count). The van der Waals surface area contributed by atoms with Crippen molar-refractivity contribution in [2.45, 2.75) is 18.4 Å². The van der Waals surface area contributed by atoms with Crippen molar-refractivity contribution < 1.29 is 22.7 Å². The summed E-state index contributed by atoms with van der Waals surface area (Å²) >= 11 is 1.38. The number of hydrogen-bond acceptors (Lipinski definition) is 4. The Labute approximate surface area is 125 Å². The predicted octanol–water partition coefficient (Wildman–Crippen LogP) is 2.37. The van der Waals surface area contributed by atoms with Gasteiger partial charge in [-0.2, -0.15) is 0 Å². The lowest BCUT2D eigenvalue weighted by Crippen LogP contribution is -2.24. The molecule has 21 heavy (non-hydrogen) atoms. The van der Waals surface area contributed by atoms with Crippen molar-refractivity contribution in [3.05, 3.63) is 51.5 Å². The van der Waals surface area contributed by atoms with Gasteiger partial charge in [-0.1, -0.05) is 6.07 Å². The second kappa shape index (κ2) is 5.92. The SMILES string of the molecule is Cc1c(F)cc(C(=O)O)cc1S(=O)(=O)NCc1cccs1. The topological polar surface area (TPSA) is 83.5 Å². The maximum absolute atomic E-state index is 13.7. The number of carbonyl (C=O) groups is 1. The lowest BCUT2D eigenvalue weighted by atomic mass is 10.1. The fourth-order valence-electron chi connectivity index (χ4n) is 1.71. The monoisotopic (exact) mass is 329 g/mol. The molecule has 0 fully saturated rings. The van der Waals surface area contributed by atoms with Crippen LogP contribution < -0.4 is 4.72 Å². The molecule has 0 aliphatic heterocycles. The third kappa shape index (κ3) is 3.46. The van der Waals surface area contributed by atoms with Gasteiger partial charge in [0, 0.05) is 17.0 Å². The van der Waals surface area contributed by atoms with Crippen molar-refractivity contribution in [2.24, 2.45) is 0 Å². The van der Waals surface area contributed by atoms with Gasteiger partial charge in [0.15, 0.2) is 0 Å². The highest BCUT2D eigenvalue weighted by Crippen LogP contribution is 2.21. The maximum Gasteiger partial charge on any atom is 0.335 e. The second-order valence-electron chi connectivity index (χ2n) is 4.29. The van der Waals surface area contributed by atoms with Crippen LogP contribution in [0.25, 0.3) is 0 Å². The summed E-state index contributed by atoms with van der Waals surface area (Å²) in [6.07, 6.45) is 0. The molecule has 0 saturated carbocycles. The van der Waals surface area contributed by atoms with E-state index in [2.05, 4.69) is 4.72 Å². The maximum atomic E-state index is 13.7. The number of sulfonamides is 1. The number of rotatable bonds is 5. The normalized spacial score (nSPS) is 11.5. The van der Waals surface area contributed by atoms with E-state index in [0.29, 0.717) is 0 Å². The van der Waals surface area contributed by atoms with Crippen LogP contribution in [0.3, 0.4) is 0 Å². The predicted molar refractivity (Wildman–Crippen MR) is 76.4 cm³/mol. The molecule has 0 unspecified atom stereocenters. The summed E-state index contributed by atoms with van der Waals surface area (Å²) in [6, 6.07) is 5.30. The fourth-order valence-corrected chi connectivity index (χ4v) is 3.73. The van der Waals surface area contributed by atoms with E-state index in [9.17, 15) is 17.6 Å². The van der Waals surface area contributed by atoms with Crippen molar-refractivity contribution in [1.82, 2.24) is 4.72 Å². The van der Waals surface area contributed by atoms with Gasteiger partial charge < -0.3 is 5.11 Å². The Morgan fingerprint density at radius 1 is 1.43 bits per heavy atom. The van der Waals surface area contributed by atoms with Gasteiger partial charge >= 0.3 is 5.97 Å². The number of thiophene rings is 1. The van der Waals surface area contributed by atoms with Crippen molar-refractivity contribution in [3.8, 4) is 0 Å². The summed E-state index contributed by atoms with van der Waals surface area (Å²) < 4.78 is 40.4. The Balaban J connectivity index is 2.37. The summed E-state index contributed by atoms with van der Waals surface area (Å²) in [7, 11) is -3.99. The summed E-state index contributed by atoms with van der Waals surface area (Å²) in [4.78, 5) is 11.3. The number of carboxylic acid groups (broad SMARTS) is 1. The minimum atomic E-state index is -3.99. The van der Waals surface area contributed by atoms with Crippen LogP contribution in [0.1, 0.15) is 20.8 Å². The zero-order valence-corrected chi connectivity index (χ0v) is 12.6. The number of hydrogen-bond donors (Lipinski definition) is 2. The van der Waals surface area contributed by atoms with E-state index in [4.69, 9.17) is 5.11 Å². The quantitative estimate of drug-likeness (QED) is 0.882. The molecule has 1 aromatic heterocycles. The molecular formula is C13H12FNO4S2.